The Morgan fingerprint density at radius 1 is 1.39 bits per heavy atom. The number of nitrogens with one attached hydrogen (secondary N) is 1. The number of hydrogen-bond donors (Lipinski definition) is 1. The highest BCUT2D eigenvalue weighted by atomic mass is 16.5. The van der Waals surface area contributed by atoms with Crippen molar-refractivity contribution in [2.75, 3.05) is 19.8 Å². The minimum Gasteiger partial charge on any atom is -0.375 e. The third kappa shape index (κ3) is 3.84. The average Bonchev–Trinajstić information content (AvgIpc) is 2.90. The molecule has 102 valence electrons. The Kier molecular flexibility index (Phi) is 4.81. The molecule has 0 radical (unpaired) electrons. The fraction of sp³-hybridized carbons (Fsp3) is 0.800. The van der Waals surface area contributed by atoms with E-state index in [0.717, 1.165) is 23.8 Å². The lowest BCUT2D eigenvalue weighted by Gasteiger charge is -2.20. The predicted octanol–water partition coefficient (Wildman–Crippen LogP) is 2.52. The third-order valence-corrected chi connectivity index (χ3v) is 4.25. The minimum absolute atomic E-state index is 0.200. The molecule has 2 fully saturated rings. The van der Waals surface area contributed by atoms with E-state index in [1.807, 2.05) is 6.92 Å². The summed E-state index contributed by atoms with van der Waals surface area (Å²) in [6.07, 6.45) is 6.13. The summed E-state index contributed by atoms with van der Waals surface area (Å²) in [7, 11) is 0. The normalized spacial score (nSPS) is 29.5. The van der Waals surface area contributed by atoms with Crippen molar-refractivity contribution in [3.63, 3.8) is 0 Å². The van der Waals surface area contributed by atoms with Crippen LogP contribution in [0.1, 0.15) is 39.0 Å². The van der Waals surface area contributed by atoms with Crippen LogP contribution >= 0.6 is 0 Å². The van der Waals surface area contributed by atoms with Crippen molar-refractivity contribution in [3.8, 4) is 0 Å². The molecular weight excluding hydrogens is 226 g/mol. The number of amides is 1. The molecule has 3 atom stereocenters. The number of rotatable bonds is 7. The number of fused-ring (bicyclic) bond motifs is 2. The van der Waals surface area contributed by atoms with E-state index in [4.69, 9.17) is 4.74 Å². The molecular formula is C15H25NO2. The molecule has 2 rings (SSSR count). The molecule has 2 saturated carbocycles. The Hall–Kier alpha value is -0.830. The van der Waals surface area contributed by atoms with Gasteiger partial charge in [0.2, 0.25) is 5.91 Å². The molecule has 0 aliphatic heterocycles. The van der Waals surface area contributed by atoms with E-state index in [1.54, 1.807) is 0 Å². The van der Waals surface area contributed by atoms with Gasteiger partial charge in [-0.1, -0.05) is 18.6 Å². The van der Waals surface area contributed by atoms with E-state index in [0.29, 0.717) is 25.7 Å². The molecule has 0 aromatic rings. The second kappa shape index (κ2) is 6.37. The van der Waals surface area contributed by atoms with Crippen molar-refractivity contribution in [2.24, 2.45) is 17.8 Å². The zero-order valence-corrected chi connectivity index (χ0v) is 11.4. The maximum absolute atomic E-state index is 11.8. The number of carbonyl (C=O) groups is 1. The van der Waals surface area contributed by atoms with Crippen molar-refractivity contribution in [3.05, 3.63) is 12.2 Å². The molecule has 0 aromatic carbocycles. The van der Waals surface area contributed by atoms with Crippen LogP contribution in [0.25, 0.3) is 0 Å². The van der Waals surface area contributed by atoms with Crippen LogP contribution < -0.4 is 5.32 Å². The lowest BCUT2D eigenvalue weighted by molar-refractivity contribution is -0.122. The van der Waals surface area contributed by atoms with Gasteiger partial charge >= 0.3 is 0 Å². The van der Waals surface area contributed by atoms with Crippen molar-refractivity contribution in [1.82, 2.24) is 5.32 Å². The summed E-state index contributed by atoms with van der Waals surface area (Å²) in [6, 6.07) is 0. The van der Waals surface area contributed by atoms with Crippen molar-refractivity contribution in [2.45, 2.75) is 39.0 Å². The van der Waals surface area contributed by atoms with E-state index in [1.165, 1.54) is 25.7 Å². The highest BCUT2D eigenvalue weighted by Gasteiger charge is 2.39. The minimum atomic E-state index is 0.200. The SMILES string of the molecule is C=C(C)COCCNC(=O)CC1CC2CCC1C2. The van der Waals surface area contributed by atoms with Crippen LogP contribution in [0.3, 0.4) is 0 Å². The second-order valence-corrected chi connectivity index (χ2v) is 6.00. The Morgan fingerprint density at radius 2 is 2.22 bits per heavy atom. The largest absolute Gasteiger partial charge is 0.375 e. The zero-order chi connectivity index (χ0) is 13.0. The number of ether oxygens (including phenoxy) is 1. The smallest absolute Gasteiger partial charge is 0.220 e. The van der Waals surface area contributed by atoms with Crippen molar-refractivity contribution in [1.29, 1.82) is 0 Å². The highest BCUT2D eigenvalue weighted by Crippen LogP contribution is 2.49. The van der Waals surface area contributed by atoms with Gasteiger partial charge in [0.1, 0.15) is 0 Å². The van der Waals surface area contributed by atoms with Crippen LogP contribution in [0.2, 0.25) is 0 Å². The summed E-state index contributed by atoms with van der Waals surface area (Å²) in [6.45, 7) is 7.49. The molecule has 2 aliphatic carbocycles. The molecule has 1 N–H and O–H groups in total. The van der Waals surface area contributed by atoms with Gasteiger partial charge in [-0.15, -0.1) is 0 Å². The second-order valence-electron chi connectivity index (χ2n) is 6.00. The molecule has 3 unspecified atom stereocenters. The van der Waals surface area contributed by atoms with Gasteiger partial charge in [-0.25, -0.2) is 0 Å². The van der Waals surface area contributed by atoms with Crippen LogP contribution in [0, 0.1) is 17.8 Å². The van der Waals surface area contributed by atoms with E-state index in [2.05, 4.69) is 11.9 Å². The molecule has 2 bridgehead atoms. The summed E-state index contributed by atoms with van der Waals surface area (Å²) in [5, 5.41) is 2.95. The lowest BCUT2D eigenvalue weighted by Crippen LogP contribution is -2.30. The lowest BCUT2D eigenvalue weighted by atomic mass is 9.86. The molecule has 0 saturated heterocycles. The van der Waals surface area contributed by atoms with Gasteiger partial charge in [-0.05, 0) is 43.9 Å². The van der Waals surface area contributed by atoms with Gasteiger partial charge < -0.3 is 10.1 Å². The van der Waals surface area contributed by atoms with Crippen LogP contribution in [-0.4, -0.2) is 25.7 Å². The first-order valence-corrected chi connectivity index (χ1v) is 7.14. The van der Waals surface area contributed by atoms with Crippen LogP contribution in [0.15, 0.2) is 12.2 Å². The molecule has 0 heterocycles. The van der Waals surface area contributed by atoms with Gasteiger partial charge in [0.05, 0.1) is 13.2 Å². The van der Waals surface area contributed by atoms with Gasteiger partial charge in [0, 0.05) is 13.0 Å². The van der Waals surface area contributed by atoms with Crippen LogP contribution in [-0.2, 0) is 9.53 Å². The topological polar surface area (TPSA) is 38.3 Å². The zero-order valence-electron chi connectivity index (χ0n) is 11.4. The Morgan fingerprint density at radius 3 is 2.83 bits per heavy atom. The monoisotopic (exact) mass is 251 g/mol. The fourth-order valence-electron chi connectivity index (χ4n) is 3.45. The molecule has 0 spiro atoms. The Balaban J connectivity index is 1.54. The van der Waals surface area contributed by atoms with Gasteiger partial charge in [-0.2, -0.15) is 0 Å². The first-order valence-electron chi connectivity index (χ1n) is 7.14. The standard InChI is InChI=1S/C15H25NO2/c1-11(2)10-18-6-5-16-15(17)9-14-8-12-3-4-13(14)7-12/h12-14H,1,3-10H2,2H3,(H,16,17). The Labute approximate surface area is 110 Å². The van der Waals surface area contributed by atoms with E-state index >= 15 is 0 Å². The number of hydrogen-bond acceptors (Lipinski definition) is 2. The highest BCUT2D eigenvalue weighted by molar-refractivity contribution is 5.76. The summed E-state index contributed by atoms with van der Waals surface area (Å²) in [5.41, 5.74) is 1.02. The maximum atomic E-state index is 11.8. The maximum Gasteiger partial charge on any atom is 0.220 e. The summed E-state index contributed by atoms with van der Waals surface area (Å²) in [4.78, 5) is 11.8. The van der Waals surface area contributed by atoms with E-state index < -0.39 is 0 Å². The van der Waals surface area contributed by atoms with E-state index in [-0.39, 0.29) is 5.91 Å². The third-order valence-electron chi connectivity index (χ3n) is 4.25. The Bertz CT molecular complexity index is 314. The number of carbonyl (C=O) groups excluding carboxylic acids is 1. The molecule has 3 nitrogen and oxygen atoms in total. The van der Waals surface area contributed by atoms with Crippen LogP contribution in [0.4, 0.5) is 0 Å². The fourth-order valence-corrected chi connectivity index (χ4v) is 3.45. The summed E-state index contributed by atoms with van der Waals surface area (Å²) >= 11 is 0. The molecule has 0 aromatic heterocycles. The van der Waals surface area contributed by atoms with Gasteiger partial charge in [0.25, 0.3) is 0 Å². The summed E-state index contributed by atoms with van der Waals surface area (Å²) < 4.78 is 5.35. The van der Waals surface area contributed by atoms with E-state index in [9.17, 15) is 4.79 Å². The first-order chi connectivity index (χ1) is 8.65. The average molecular weight is 251 g/mol. The van der Waals surface area contributed by atoms with Crippen molar-refractivity contribution >= 4 is 5.91 Å². The first kappa shape index (κ1) is 13.6. The van der Waals surface area contributed by atoms with Gasteiger partial charge in [-0.3, -0.25) is 4.79 Å². The predicted molar refractivity (Wildman–Crippen MR) is 72.2 cm³/mol. The molecule has 1 amide bonds. The quantitative estimate of drug-likeness (QED) is 0.558. The molecule has 3 heteroatoms. The molecule has 2 aliphatic rings. The van der Waals surface area contributed by atoms with Gasteiger partial charge in [0.15, 0.2) is 0 Å². The summed E-state index contributed by atoms with van der Waals surface area (Å²) in [5.74, 6) is 2.61. The van der Waals surface area contributed by atoms with Crippen molar-refractivity contribution < 1.29 is 9.53 Å². The molecule has 18 heavy (non-hydrogen) atoms. The van der Waals surface area contributed by atoms with Crippen LogP contribution in [0.5, 0.6) is 0 Å².